The molecule has 0 radical (unpaired) electrons. The highest BCUT2D eigenvalue weighted by molar-refractivity contribution is 5.56. The number of hydrogen-bond donors (Lipinski definition) is 1. The van der Waals surface area contributed by atoms with Crippen molar-refractivity contribution in [2.24, 2.45) is 0 Å². The van der Waals surface area contributed by atoms with Crippen molar-refractivity contribution in [3.63, 3.8) is 0 Å². The van der Waals surface area contributed by atoms with E-state index in [9.17, 15) is 0 Å². The minimum atomic E-state index is 0.128. The predicted octanol–water partition coefficient (Wildman–Crippen LogP) is 0.937. The Morgan fingerprint density at radius 3 is 3.07 bits per heavy atom. The third-order valence-corrected chi connectivity index (χ3v) is 1.95. The molecule has 1 N–H and O–H groups in total. The van der Waals surface area contributed by atoms with Crippen LogP contribution in [0, 0.1) is 0 Å². The van der Waals surface area contributed by atoms with Crippen LogP contribution in [0.1, 0.15) is 0 Å². The molecule has 0 aromatic carbocycles. The summed E-state index contributed by atoms with van der Waals surface area (Å²) in [6.07, 6.45) is 7.10. The summed E-state index contributed by atoms with van der Waals surface area (Å²) >= 11 is 0. The van der Waals surface area contributed by atoms with E-state index in [1.54, 1.807) is 18.7 Å². The van der Waals surface area contributed by atoms with Crippen molar-refractivity contribution in [1.29, 1.82) is 0 Å². The Balaban J connectivity index is 2.25. The van der Waals surface area contributed by atoms with Crippen LogP contribution >= 0.6 is 0 Å². The molecule has 4 nitrogen and oxygen atoms in total. The Labute approximate surface area is 81.9 Å². The van der Waals surface area contributed by atoms with Crippen LogP contribution in [-0.4, -0.2) is 26.2 Å². The first-order valence-corrected chi connectivity index (χ1v) is 4.43. The molecule has 4 heteroatoms. The number of imidazole rings is 1. The molecule has 0 saturated carbocycles. The van der Waals surface area contributed by atoms with Crippen LogP contribution < -0.4 is 0 Å². The lowest BCUT2D eigenvalue weighted by atomic mass is 10.2. The molecule has 0 unspecified atom stereocenters. The summed E-state index contributed by atoms with van der Waals surface area (Å²) in [5, 5.41) is 8.74. The number of aromatic nitrogens is 3. The SMILES string of the molecule is OCCn1cnc(-c2cccnc2)c1. The zero-order chi connectivity index (χ0) is 9.80. The highest BCUT2D eigenvalue weighted by Gasteiger charge is 2.00. The van der Waals surface area contributed by atoms with Crippen molar-refractivity contribution >= 4 is 0 Å². The molecule has 0 spiro atoms. The lowest BCUT2D eigenvalue weighted by molar-refractivity contribution is 0.276. The van der Waals surface area contributed by atoms with Gasteiger partial charge >= 0.3 is 0 Å². The second-order valence-corrected chi connectivity index (χ2v) is 2.96. The van der Waals surface area contributed by atoms with Gasteiger partial charge in [-0.3, -0.25) is 4.98 Å². The maximum absolute atomic E-state index is 8.74. The van der Waals surface area contributed by atoms with E-state index in [1.807, 2.05) is 22.9 Å². The maximum atomic E-state index is 8.74. The lowest BCUT2D eigenvalue weighted by Crippen LogP contribution is -1.97. The van der Waals surface area contributed by atoms with Crippen molar-refractivity contribution in [3.8, 4) is 11.3 Å². The molecule has 72 valence electrons. The van der Waals surface area contributed by atoms with E-state index in [0.29, 0.717) is 6.54 Å². The van der Waals surface area contributed by atoms with E-state index in [4.69, 9.17) is 5.11 Å². The second-order valence-electron chi connectivity index (χ2n) is 2.96. The fourth-order valence-corrected chi connectivity index (χ4v) is 1.26. The van der Waals surface area contributed by atoms with Crippen LogP contribution in [-0.2, 0) is 6.54 Å². The van der Waals surface area contributed by atoms with Gasteiger partial charge in [0.25, 0.3) is 0 Å². The molecule has 0 fully saturated rings. The molecular formula is C10H11N3O. The van der Waals surface area contributed by atoms with Crippen molar-refractivity contribution < 1.29 is 5.11 Å². The minimum Gasteiger partial charge on any atom is -0.395 e. The highest BCUT2D eigenvalue weighted by Crippen LogP contribution is 2.14. The number of nitrogens with zero attached hydrogens (tertiary/aromatic N) is 3. The molecule has 0 bridgehead atoms. The van der Waals surface area contributed by atoms with E-state index in [2.05, 4.69) is 9.97 Å². The van der Waals surface area contributed by atoms with Crippen LogP contribution in [0.3, 0.4) is 0 Å². The Morgan fingerprint density at radius 1 is 1.43 bits per heavy atom. The standard InChI is InChI=1S/C10H11N3O/c14-5-4-13-7-10(12-8-13)9-2-1-3-11-6-9/h1-3,6-8,14H,4-5H2. The van der Waals surface area contributed by atoms with E-state index in [-0.39, 0.29) is 6.61 Å². The predicted molar refractivity (Wildman–Crippen MR) is 52.5 cm³/mol. The zero-order valence-electron chi connectivity index (χ0n) is 7.67. The number of pyridine rings is 1. The summed E-state index contributed by atoms with van der Waals surface area (Å²) in [4.78, 5) is 8.23. The van der Waals surface area contributed by atoms with Crippen molar-refractivity contribution in [2.75, 3.05) is 6.61 Å². The average molecular weight is 189 g/mol. The Hall–Kier alpha value is -1.68. The highest BCUT2D eigenvalue weighted by atomic mass is 16.3. The molecule has 2 aromatic heterocycles. The van der Waals surface area contributed by atoms with Crippen LogP contribution in [0.15, 0.2) is 37.1 Å². The quantitative estimate of drug-likeness (QED) is 0.781. The summed E-state index contributed by atoms with van der Waals surface area (Å²) in [7, 11) is 0. The Morgan fingerprint density at radius 2 is 2.36 bits per heavy atom. The van der Waals surface area contributed by atoms with Crippen LogP contribution in [0.4, 0.5) is 0 Å². The molecule has 0 aliphatic carbocycles. The van der Waals surface area contributed by atoms with Crippen LogP contribution in [0.2, 0.25) is 0 Å². The molecule has 2 aromatic rings. The summed E-state index contributed by atoms with van der Waals surface area (Å²) in [5.41, 5.74) is 1.87. The van der Waals surface area contributed by atoms with Gasteiger partial charge in [0.2, 0.25) is 0 Å². The van der Waals surface area contributed by atoms with Gasteiger partial charge in [0.1, 0.15) is 0 Å². The molecule has 0 atom stereocenters. The van der Waals surface area contributed by atoms with Crippen molar-refractivity contribution in [3.05, 3.63) is 37.1 Å². The van der Waals surface area contributed by atoms with Crippen molar-refractivity contribution in [1.82, 2.24) is 14.5 Å². The van der Waals surface area contributed by atoms with Gasteiger partial charge in [0.15, 0.2) is 0 Å². The number of hydrogen-bond acceptors (Lipinski definition) is 3. The molecular weight excluding hydrogens is 178 g/mol. The maximum Gasteiger partial charge on any atom is 0.0954 e. The first-order chi connectivity index (χ1) is 6.90. The fraction of sp³-hybridized carbons (Fsp3) is 0.200. The third-order valence-electron chi connectivity index (χ3n) is 1.95. The largest absolute Gasteiger partial charge is 0.395 e. The van der Waals surface area contributed by atoms with E-state index >= 15 is 0 Å². The normalized spacial score (nSPS) is 10.4. The van der Waals surface area contributed by atoms with Gasteiger partial charge in [-0.2, -0.15) is 0 Å². The van der Waals surface area contributed by atoms with E-state index < -0.39 is 0 Å². The number of rotatable bonds is 3. The second kappa shape index (κ2) is 4.02. The van der Waals surface area contributed by atoms with Gasteiger partial charge in [-0.05, 0) is 12.1 Å². The van der Waals surface area contributed by atoms with Crippen LogP contribution in [0.5, 0.6) is 0 Å². The van der Waals surface area contributed by atoms with Crippen LogP contribution in [0.25, 0.3) is 11.3 Å². The summed E-state index contributed by atoms with van der Waals surface area (Å²) < 4.78 is 1.85. The minimum absolute atomic E-state index is 0.128. The third kappa shape index (κ3) is 1.80. The van der Waals surface area contributed by atoms with Gasteiger partial charge in [-0.25, -0.2) is 4.98 Å². The lowest BCUT2D eigenvalue weighted by Gasteiger charge is -1.95. The summed E-state index contributed by atoms with van der Waals surface area (Å²) in [6.45, 7) is 0.704. The first-order valence-electron chi connectivity index (χ1n) is 4.43. The van der Waals surface area contributed by atoms with E-state index in [0.717, 1.165) is 11.3 Å². The van der Waals surface area contributed by atoms with E-state index in [1.165, 1.54) is 0 Å². The molecule has 0 saturated heterocycles. The van der Waals surface area contributed by atoms with Gasteiger partial charge < -0.3 is 9.67 Å². The number of aliphatic hydroxyl groups is 1. The fourth-order valence-electron chi connectivity index (χ4n) is 1.26. The topological polar surface area (TPSA) is 50.9 Å². The van der Waals surface area contributed by atoms with Gasteiger partial charge in [0, 0.05) is 30.7 Å². The molecule has 0 aliphatic heterocycles. The average Bonchev–Trinajstić information content (AvgIpc) is 2.68. The Kier molecular flexibility index (Phi) is 2.55. The Bertz CT molecular complexity index is 397. The molecule has 14 heavy (non-hydrogen) atoms. The summed E-state index contributed by atoms with van der Waals surface area (Å²) in [6, 6.07) is 3.83. The monoisotopic (exact) mass is 189 g/mol. The van der Waals surface area contributed by atoms with Gasteiger partial charge in [-0.1, -0.05) is 0 Å². The molecule has 2 rings (SSSR count). The summed E-state index contributed by atoms with van der Waals surface area (Å²) in [5.74, 6) is 0. The molecule has 0 amide bonds. The van der Waals surface area contributed by atoms with Gasteiger partial charge in [0.05, 0.1) is 18.6 Å². The van der Waals surface area contributed by atoms with Crippen molar-refractivity contribution in [2.45, 2.75) is 6.54 Å². The molecule has 2 heterocycles. The molecule has 0 aliphatic rings. The number of aliphatic hydroxyl groups excluding tert-OH is 1. The smallest absolute Gasteiger partial charge is 0.0954 e. The van der Waals surface area contributed by atoms with Gasteiger partial charge in [-0.15, -0.1) is 0 Å². The zero-order valence-corrected chi connectivity index (χ0v) is 7.67. The first kappa shape index (κ1) is 8.90.